The molecule has 1 unspecified atom stereocenters. The van der Waals surface area contributed by atoms with E-state index in [1.54, 1.807) is 37.7 Å². The van der Waals surface area contributed by atoms with Crippen LogP contribution in [0, 0.1) is 0 Å². The van der Waals surface area contributed by atoms with Crippen LogP contribution in [0.5, 0.6) is 11.6 Å². The van der Waals surface area contributed by atoms with E-state index in [0.29, 0.717) is 29.6 Å². The van der Waals surface area contributed by atoms with Crippen LogP contribution in [0.4, 0.5) is 5.82 Å². The predicted molar refractivity (Wildman–Crippen MR) is 106 cm³/mol. The predicted octanol–water partition coefficient (Wildman–Crippen LogP) is 3.07. The van der Waals surface area contributed by atoms with Gasteiger partial charge in [-0.3, -0.25) is 0 Å². The maximum absolute atomic E-state index is 10.3. The Morgan fingerprint density at radius 3 is 2.67 bits per heavy atom. The molecule has 2 heterocycles. The minimum atomic E-state index is 0.0581. The Bertz CT molecular complexity index is 899. The van der Waals surface area contributed by atoms with Gasteiger partial charge in [0, 0.05) is 36.6 Å². The number of nitrogens with two attached hydrogens (primary N) is 1. The highest BCUT2D eigenvalue weighted by atomic mass is 16.5. The number of ether oxygens (including phenoxy) is 1. The summed E-state index contributed by atoms with van der Waals surface area (Å²) in [6.45, 7) is 2.66. The number of anilines is 1. The molecular formula is C20H23N5O2. The number of nitrogens with zero attached hydrogens (tertiary/aromatic N) is 3. The number of pyridine rings is 1. The van der Waals surface area contributed by atoms with Crippen molar-refractivity contribution >= 4 is 5.82 Å². The molecule has 0 saturated carbocycles. The molecule has 1 aromatic carbocycles. The van der Waals surface area contributed by atoms with Gasteiger partial charge in [0.1, 0.15) is 11.6 Å². The molecule has 0 fully saturated rings. The summed E-state index contributed by atoms with van der Waals surface area (Å²) in [4.78, 5) is 13.0. The number of aromatic hydroxyl groups is 1. The molecule has 0 amide bonds. The second kappa shape index (κ2) is 8.46. The minimum absolute atomic E-state index is 0.0581. The molecule has 27 heavy (non-hydrogen) atoms. The standard InChI is InChI=1S/C20H23N5O2/c1-3-15(21)12-23-18-8-9-22-20(25-18)16-10-13(4-6-17(16)26)14-5-7-19(27-2)24-11-14/h4-11,15,26H,3,12,21H2,1-2H3,(H,22,23,25). The summed E-state index contributed by atoms with van der Waals surface area (Å²) in [5.74, 6) is 1.76. The quantitative estimate of drug-likeness (QED) is 0.591. The van der Waals surface area contributed by atoms with Gasteiger partial charge in [-0.05, 0) is 36.2 Å². The van der Waals surface area contributed by atoms with Gasteiger partial charge in [0.25, 0.3) is 0 Å². The van der Waals surface area contributed by atoms with Gasteiger partial charge in [-0.2, -0.15) is 0 Å². The van der Waals surface area contributed by atoms with Gasteiger partial charge in [-0.1, -0.05) is 13.0 Å². The molecule has 3 rings (SSSR count). The topological polar surface area (TPSA) is 106 Å². The van der Waals surface area contributed by atoms with Crippen molar-refractivity contribution in [1.29, 1.82) is 0 Å². The van der Waals surface area contributed by atoms with E-state index in [9.17, 15) is 5.11 Å². The maximum Gasteiger partial charge on any atom is 0.212 e. The number of rotatable bonds is 7. The second-order valence-corrected chi connectivity index (χ2v) is 6.14. The van der Waals surface area contributed by atoms with Crippen LogP contribution >= 0.6 is 0 Å². The summed E-state index contributed by atoms with van der Waals surface area (Å²) in [6.07, 6.45) is 4.26. The molecular weight excluding hydrogens is 342 g/mol. The first kappa shape index (κ1) is 18.6. The molecule has 7 heteroatoms. The van der Waals surface area contributed by atoms with Gasteiger partial charge in [0.05, 0.1) is 12.7 Å². The zero-order valence-electron chi connectivity index (χ0n) is 15.4. The average molecular weight is 365 g/mol. The molecule has 7 nitrogen and oxygen atoms in total. The third-order valence-corrected chi connectivity index (χ3v) is 4.24. The first-order valence-corrected chi connectivity index (χ1v) is 8.77. The highest BCUT2D eigenvalue weighted by molar-refractivity contribution is 5.74. The van der Waals surface area contributed by atoms with E-state index in [1.165, 1.54) is 0 Å². The lowest BCUT2D eigenvalue weighted by Gasteiger charge is -2.12. The van der Waals surface area contributed by atoms with E-state index < -0.39 is 0 Å². The van der Waals surface area contributed by atoms with E-state index in [-0.39, 0.29) is 11.8 Å². The van der Waals surface area contributed by atoms with Crippen molar-refractivity contribution in [3.63, 3.8) is 0 Å². The van der Waals surface area contributed by atoms with E-state index in [2.05, 4.69) is 20.3 Å². The number of phenols is 1. The largest absolute Gasteiger partial charge is 0.507 e. The molecule has 0 bridgehead atoms. The van der Waals surface area contributed by atoms with Gasteiger partial charge in [-0.15, -0.1) is 0 Å². The number of hydrogen-bond donors (Lipinski definition) is 3. The minimum Gasteiger partial charge on any atom is -0.507 e. The Labute approximate surface area is 158 Å². The number of nitrogens with one attached hydrogen (secondary N) is 1. The average Bonchev–Trinajstić information content (AvgIpc) is 2.72. The first-order valence-electron chi connectivity index (χ1n) is 8.77. The van der Waals surface area contributed by atoms with Crippen molar-refractivity contribution in [2.45, 2.75) is 19.4 Å². The lowest BCUT2D eigenvalue weighted by Crippen LogP contribution is -2.28. The molecule has 2 aromatic heterocycles. The van der Waals surface area contributed by atoms with Crippen LogP contribution in [0.3, 0.4) is 0 Å². The molecule has 1 atom stereocenters. The number of phenolic OH excluding ortho intramolecular Hbond substituents is 1. The van der Waals surface area contributed by atoms with Crippen LogP contribution in [-0.2, 0) is 0 Å². The van der Waals surface area contributed by atoms with Crippen LogP contribution in [0.2, 0.25) is 0 Å². The molecule has 4 N–H and O–H groups in total. The molecule has 0 spiro atoms. The maximum atomic E-state index is 10.3. The van der Waals surface area contributed by atoms with E-state index in [0.717, 1.165) is 17.5 Å². The summed E-state index contributed by atoms with van der Waals surface area (Å²) < 4.78 is 5.09. The Morgan fingerprint density at radius 1 is 1.15 bits per heavy atom. The summed E-state index contributed by atoms with van der Waals surface area (Å²) in [7, 11) is 1.58. The van der Waals surface area contributed by atoms with Gasteiger partial charge in [-0.25, -0.2) is 15.0 Å². The van der Waals surface area contributed by atoms with Crippen LogP contribution in [-0.4, -0.2) is 39.8 Å². The second-order valence-electron chi connectivity index (χ2n) is 6.14. The van der Waals surface area contributed by atoms with Crippen molar-refractivity contribution < 1.29 is 9.84 Å². The normalized spacial score (nSPS) is 11.8. The molecule has 0 saturated heterocycles. The zero-order chi connectivity index (χ0) is 19.2. The monoisotopic (exact) mass is 365 g/mol. The van der Waals surface area contributed by atoms with Crippen molar-refractivity contribution in [2.24, 2.45) is 5.73 Å². The van der Waals surface area contributed by atoms with Gasteiger partial charge in [0.15, 0.2) is 5.82 Å². The van der Waals surface area contributed by atoms with E-state index in [1.807, 2.05) is 25.1 Å². The van der Waals surface area contributed by atoms with Crippen molar-refractivity contribution in [3.05, 3.63) is 48.8 Å². The summed E-state index contributed by atoms with van der Waals surface area (Å²) >= 11 is 0. The number of methoxy groups -OCH3 is 1. The van der Waals surface area contributed by atoms with Gasteiger partial charge in [0.2, 0.25) is 5.88 Å². The third-order valence-electron chi connectivity index (χ3n) is 4.24. The Hall–Kier alpha value is -3.19. The summed E-state index contributed by atoms with van der Waals surface area (Å²) in [5, 5.41) is 13.5. The molecule has 0 radical (unpaired) electrons. The van der Waals surface area contributed by atoms with Gasteiger partial charge >= 0.3 is 0 Å². The first-order chi connectivity index (χ1) is 13.1. The highest BCUT2D eigenvalue weighted by Gasteiger charge is 2.11. The Kier molecular flexibility index (Phi) is 5.83. The zero-order valence-corrected chi connectivity index (χ0v) is 15.4. The lowest BCUT2D eigenvalue weighted by atomic mass is 10.0. The number of aromatic nitrogens is 3. The lowest BCUT2D eigenvalue weighted by molar-refractivity contribution is 0.398. The third kappa shape index (κ3) is 4.51. The molecule has 0 aliphatic heterocycles. The molecule has 3 aromatic rings. The van der Waals surface area contributed by atoms with Crippen LogP contribution in [0.1, 0.15) is 13.3 Å². The fourth-order valence-corrected chi connectivity index (χ4v) is 2.53. The van der Waals surface area contributed by atoms with Crippen molar-refractivity contribution in [1.82, 2.24) is 15.0 Å². The number of benzene rings is 1. The fraction of sp³-hybridized carbons (Fsp3) is 0.250. The molecule has 0 aliphatic carbocycles. The fourth-order valence-electron chi connectivity index (χ4n) is 2.53. The Balaban J connectivity index is 1.89. The molecule has 140 valence electrons. The van der Waals surface area contributed by atoms with Crippen LogP contribution < -0.4 is 15.8 Å². The molecule has 0 aliphatic rings. The van der Waals surface area contributed by atoms with Crippen molar-refractivity contribution in [3.8, 4) is 34.1 Å². The van der Waals surface area contributed by atoms with Gasteiger partial charge < -0.3 is 20.9 Å². The SMILES string of the molecule is CCC(N)CNc1ccnc(-c2cc(-c3ccc(OC)nc3)ccc2O)n1. The smallest absolute Gasteiger partial charge is 0.212 e. The highest BCUT2D eigenvalue weighted by Crippen LogP contribution is 2.32. The summed E-state index contributed by atoms with van der Waals surface area (Å²) in [5.41, 5.74) is 8.29. The van der Waals surface area contributed by atoms with Crippen LogP contribution in [0.25, 0.3) is 22.5 Å². The van der Waals surface area contributed by atoms with E-state index in [4.69, 9.17) is 10.5 Å². The number of hydrogen-bond acceptors (Lipinski definition) is 7. The Morgan fingerprint density at radius 2 is 1.96 bits per heavy atom. The van der Waals surface area contributed by atoms with E-state index >= 15 is 0 Å². The summed E-state index contributed by atoms with van der Waals surface area (Å²) in [6, 6.07) is 10.8. The van der Waals surface area contributed by atoms with Crippen molar-refractivity contribution in [2.75, 3.05) is 19.0 Å². The van der Waals surface area contributed by atoms with Crippen LogP contribution in [0.15, 0.2) is 48.8 Å².